The van der Waals surface area contributed by atoms with Gasteiger partial charge in [0.1, 0.15) is 22.9 Å². The Kier molecular flexibility index (Phi) is 6.91. The Balaban J connectivity index is 1.66. The van der Waals surface area contributed by atoms with Gasteiger partial charge in [-0.2, -0.15) is 5.10 Å². The lowest BCUT2D eigenvalue weighted by Crippen LogP contribution is -2.29. The van der Waals surface area contributed by atoms with E-state index in [4.69, 9.17) is 25.8 Å². The number of aromatic amines is 1. The number of ether oxygens (including phenoxy) is 3. The molecule has 5 rings (SSSR count). The first-order valence-electron chi connectivity index (χ1n) is 12.2. The summed E-state index contributed by atoms with van der Waals surface area (Å²) in [6.07, 6.45) is 0. The molecule has 3 aromatic carbocycles. The van der Waals surface area contributed by atoms with E-state index in [0.29, 0.717) is 52.2 Å². The predicted molar refractivity (Wildman–Crippen MR) is 144 cm³/mol. The van der Waals surface area contributed by atoms with E-state index >= 15 is 0 Å². The van der Waals surface area contributed by atoms with Gasteiger partial charge in [0.15, 0.2) is 11.5 Å². The number of carbonyl (C=O) groups is 1. The molecule has 4 aromatic rings. The first-order valence-corrected chi connectivity index (χ1v) is 12.6. The largest absolute Gasteiger partial charge is 0.507 e. The zero-order chi connectivity index (χ0) is 27.0. The minimum absolute atomic E-state index is 0.0327. The van der Waals surface area contributed by atoms with Crippen molar-refractivity contribution in [3.63, 3.8) is 0 Å². The third-order valence-electron chi connectivity index (χ3n) is 6.71. The second-order valence-corrected chi connectivity index (χ2v) is 9.41. The molecular weight excluding hydrogens is 506 g/mol. The fourth-order valence-electron chi connectivity index (χ4n) is 4.82. The molecule has 1 amide bonds. The summed E-state index contributed by atoms with van der Waals surface area (Å²) in [5, 5.41) is 18.7. The Hall–Kier alpha value is -4.17. The zero-order valence-electron chi connectivity index (χ0n) is 21.5. The minimum Gasteiger partial charge on any atom is -0.507 e. The number of nitrogens with one attached hydrogen (secondary N) is 1. The van der Waals surface area contributed by atoms with Crippen molar-refractivity contribution in [2.24, 2.45) is 0 Å². The average Bonchev–Trinajstić information content (AvgIpc) is 3.46. The Labute approximate surface area is 225 Å². The van der Waals surface area contributed by atoms with Gasteiger partial charge in [0.05, 0.1) is 26.9 Å². The highest BCUT2D eigenvalue weighted by molar-refractivity contribution is 6.31. The van der Waals surface area contributed by atoms with E-state index in [1.54, 1.807) is 31.3 Å². The Morgan fingerprint density at radius 3 is 2.50 bits per heavy atom. The summed E-state index contributed by atoms with van der Waals surface area (Å²) in [5.41, 5.74) is 4.41. The molecule has 0 bridgehead atoms. The van der Waals surface area contributed by atoms with Crippen LogP contribution in [0, 0.1) is 6.92 Å². The van der Waals surface area contributed by atoms with Crippen molar-refractivity contribution < 1.29 is 24.1 Å². The van der Waals surface area contributed by atoms with Crippen LogP contribution in [0.4, 0.5) is 0 Å². The van der Waals surface area contributed by atoms with Crippen LogP contribution >= 0.6 is 11.6 Å². The number of nitrogens with zero attached hydrogens (tertiary/aromatic N) is 2. The van der Waals surface area contributed by atoms with Gasteiger partial charge in [-0.15, -0.1) is 0 Å². The lowest BCUT2D eigenvalue weighted by atomic mass is 9.94. The van der Waals surface area contributed by atoms with E-state index in [2.05, 4.69) is 10.2 Å². The van der Waals surface area contributed by atoms with Crippen LogP contribution in [0.15, 0.2) is 54.6 Å². The van der Waals surface area contributed by atoms with Gasteiger partial charge < -0.3 is 24.2 Å². The number of benzene rings is 3. The van der Waals surface area contributed by atoms with E-state index < -0.39 is 6.04 Å². The molecule has 0 aliphatic carbocycles. The maximum atomic E-state index is 13.8. The average molecular weight is 534 g/mol. The molecule has 0 radical (unpaired) electrons. The van der Waals surface area contributed by atoms with Crippen molar-refractivity contribution in [3.05, 3.63) is 87.6 Å². The van der Waals surface area contributed by atoms with E-state index in [-0.39, 0.29) is 11.7 Å². The highest BCUT2D eigenvalue weighted by Crippen LogP contribution is 2.47. The fraction of sp³-hybridized carbons (Fsp3) is 0.241. The van der Waals surface area contributed by atoms with Crippen LogP contribution in [0.3, 0.4) is 0 Å². The van der Waals surface area contributed by atoms with Gasteiger partial charge in [-0.1, -0.05) is 29.8 Å². The summed E-state index contributed by atoms with van der Waals surface area (Å²) in [6.45, 7) is 4.55. The Morgan fingerprint density at radius 2 is 1.82 bits per heavy atom. The van der Waals surface area contributed by atoms with Crippen molar-refractivity contribution in [3.8, 4) is 34.3 Å². The third kappa shape index (κ3) is 4.41. The number of rotatable bonds is 8. The number of amides is 1. The number of phenolic OH excluding ortho intramolecular Hbond substituents is 1. The van der Waals surface area contributed by atoms with E-state index in [1.165, 1.54) is 0 Å². The summed E-state index contributed by atoms with van der Waals surface area (Å²) in [7, 11) is 3.19. The molecule has 1 aromatic heterocycles. The van der Waals surface area contributed by atoms with Crippen LogP contribution in [-0.4, -0.2) is 46.9 Å². The van der Waals surface area contributed by atoms with E-state index in [9.17, 15) is 9.90 Å². The SMILES string of the molecule is CCOc1ccc(C2c3c(-c4cc(Cl)c(C)cc4O)n[nH]c3C(=O)N2Cc2ccc(OC)cc2)cc1OC. The van der Waals surface area contributed by atoms with Gasteiger partial charge in [0.2, 0.25) is 0 Å². The van der Waals surface area contributed by atoms with Crippen LogP contribution < -0.4 is 14.2 Å². The molecule has 1 atom stereocenters. The molecule has 1 unspecified atom stereocenters. The molecule has 0 fully saturated rings. The number of hydrogen-bond donors (Lipinski definition) is 2. The number of carbonyl (C=O) groups excluding carboxylic acids is 1. The van der Waals surface area contributed by atoms with Crippen LogP contribution in [0.2, 0.25) is 5.02 Å². The lowest BCUT2D eigenvalue weighted by molar-refractivity contribution is 0.0730. The van der Waals surface area contributed by atoms with Gasteiger partial charge in [0, 0.05) is 22.7 Å². The maximum absolute atomic E-state index is 13.8. The number of halogens is 1. The monoisotopic (exact) mass is 533 g/mol. The van der Waals surface area contributed by atoms with Crippen LogP contribution in [0.25, 0.3) is 11.3 Å². The quantitative estimate of drug-likeness (QED) is 0.292. The topological polar surface area (TPSA) is 96.9 Å². The summed E-state index contributed by atoms with van der Waals surface area (Å²) in [4.78, 5) is 15.5. The summed E-state index contributed by atoms with van der Waals surface area (Å²) in [5.74, 6) is 1.73. The van der Waals surface area contributed by atoms with Gasteiger partial charge in [-0.25, -0.2) is 0 Å². The lowest BCUT2D eigenvalue weighted by Gasteiger charge is -2.27. The molecule has 1 aliphatic heterocycles. The number of aromatic hydroxyl groups is 1. The number of hydrogen-bond acceptors (Lipinski definition) is 6. The van der Waals surface area contributed by atoms with Gasteiger partial charge in [-0.05, 0) is 66.9 Å². The molecule has 38 heavy (non-hydrogen) atoms. The summed E-state index contributed by atoms with van der Waals surface area (Å²) >= 11 is 6.42. The van der Waals surface area contributed by atoms with E-state index in [1.807, 2.05) is 56.3 Å². The first kappa shape index (κ1) is 25.5. The fourth-order valence-corrected chi connectivity index (χ4v) is 4.99. The molecule has 2 heterocycles. The van der Waals surface area contributed by atoms with Crippen molar-refractivity contribution >= 4 is 17.5 Å². The van der Waals surface area contributed by atoms with Crippen molar-refractivity contribution in [1.82, 2.24) is 15.1 Å². The molecule has 2 N–H and O–H groups in total. The highest BCUT2D eigenvalue weighted by atomic mass is 35.5. The molecule has 0 spiro atoms. The Bertz CT molecular complexity index is 1500. The van der Waals surface area contributed by atoms with Gasteiger partial charge in [0.25, 0.3) is 5.91 Å². The number of H-pyrrole nitrogens is 1. The minimum atomic E-state index is -0.516. The summed E-state index contributed by atoms with van der Waals surface area (Å²) < 4.78 is 16.6. The van der Waals surface area contributed by atoms with Crippen molar-refractivity contribution in [2.45, 2.75) is 26.4 Å². The molecule has 8 nitrogen and oxygen atoms in total. The standard InChI is InChI=1S/C29H28ClN3O5/c1-5-38-23-11-8-18(13-24(23)37-4)28-25-26(20-14-21(30)16(2)12-22(20)34)31-32-27(25)29(35)33(28)15-17-6-9-19(36-3)10-7-17/h6-14,28,34H,5,15H2,1-4H3,(H,31,32). The first-order chi connectivity index (χ1) is 18.4. The highest BCUT2D eigenvalue weighted by Gasteiger charge is 2.43. The molecule has 0 saturated carbocycles. The van der Waals surface area contributed by atoms with Crippen LogP contribution in [0.1, 0.15) is 45.7 Å². The molecule has 1 aliphatic rings. The number of methoxy groups -OCH3 is 2. The van der Waals surface area contributed by atoms with Gasteiger partial charge in [-0.3, -0.25) is 9.89 Å². The number of aromatic nitrogens is 2. The maximum Gasteiger partial charge on any atom is 0.273 e. The van der Waals surface area contributed by atoms with Crippen molar-refractivity contribution in [1.29, 1.82) is 0 Å². The number of phenols is 1. The number of aryl methyl sites for hydroxylation is 1. The molecular formula is C29H28ClN3O5. The van der Waals surface area contributed by atoms with Crippen LogP contribution in [0.5, 0.6) is 23.0 Å². The Morgan fingerprint density at radius 1 is 1.05 bits per heavy atom. The second kappa shape index (κ2) is 10.3. The van der Waals surface area contributed by atoms with Crippen molar-refractivity contribution in [2.75, 3.05) is 20.8 Å². The summed E-state index contributed by atoms with van der Waals surface area (Å²) in [6, 6.07) is 16.0. The molecule has 9 heteroatoms. The smallest absolute Gasteiger partial charge is 0.273 e. The third-order valence-corrected chi connectivity index (χ3v) is 7.12. The second-order valence-electron chi connectivity index (χ2n) is 9.01. The van der Waals surface area contributed by atoms with Crippen LogP contribution in [-0.2, 0) is 6.54 Å². The predicted octanol–water partition coefficient (Wildman–Crippen LogP) is 5.91. The zero-order valence-corrected chi connectivity index (χ0v) is 22.3. The van der Waals surface area contributed by atoms with E-state index in [0.717, 1.165) is 22.4 Å². The van der Waals surface area contributed by atoms with Gasteiger partial charge >= 0.3 is 0 Å². The molecule has 196 valence electrons. The molecule has 0 saturated heterocycles. The normalized spacial score (nSPS) is 14.5. The number of fused-ring (bicyclic) bond motifs is 1.